The third kappa shape index (κ3) is 4.65. The van der Waals surface area contributed by atoms with Gasteiger partial charge in [0.2, 0.25) is 0 Å². The lowest BCUT2D eigenvalue weighted by Crippen LogP contribution is -2.11. The molecule has 3 rings (SSSR count). The molecule has 0 spiro atoms. The van der Waals surface area contributed by atoms with Crippen molar-refractivity contribution in [1.29, 1.82) is 0 Å². The van der Waals surface area contributed by atoms with Crippen molar-refractivity contribution >= 4 is 27.0 Å². The number of alkyl halides is 3. The standard InChI is InChI=1S/C19H12BrF4NO2S/c20-16-9-15(12-3-1-11(2-4-12)10-28(26)27)17(18(25-16)19(22,23)24)13-5-7-14(21)8-6-13/h1-9H,10H2,(H,26,27). The van der Waals surface area contributed by atoms with Gasteiger partial charge in [0.25, 0.3) is 0 Å². The smallest absolute Gasteiger partial charge is 0.306 e. The Morgan fingerprint density at radius 1 is 1.00 bits per heavy atom. The minimum absolute atomic E-state index is 0.00113. The maximum atomic E-state index is 13.7. The highest BCUT2D eigenvalue weighted by atomic mass is 79.9. The zero-order chi connectivity index (χ0) is 20.5. The van der Waals surface area contributed by atoms with Gasteiger partial charge in [0.05, 0.1) is 5.75 Å². The average molecular weight is 474 g/mol. The van der Waals surface area contributed by atoms with Crippen LogP contribution in [-0.2, 0) is 23.0 Å². The number of aromatic nitrogens is 1. The molecule has 0 aliphatic heterocycles. The van der Waals surface area contributed by atoms with Gasteiger partial charge in [-0.25, -0.2) is 13.6 Å². The maximum absolute atomic E-state index is 13.7. The van der Waals surface area contributed by atoms with Crippen LogP contribution in [0, 0.1) is 5.82 Å². The number of rotatable bonds is 4. The van der Waals surface area contributed by atoms with Crippen LogP contribution in [0.1, 0.15) is 11.3 Å². The molecule has 1 atom stereocenters. The summed E-state index contributed by atoms with van der Waals surface area (Å²) in [5.41, 5.74) is 0.178. The van der Waals surface area contributed by atoms with E-state index in [1.165, 1.54) is 18.2 Å². The monoisotopic (exact) mass is 473 g/mol. The fraction of sp³-hybridized carbons (Fsp3) is 0.105. The summed E-state index contributed by atoms with van der Waals surface area (Å²) < 4.78 is 74.2. The van der Waals surface area contributed by atoms with E-state index in [1.54, 1.807) is 24.3 Å². The molecule has 28 heavy (non-hydrogen) atoms. The van der Waals surface area contributed by atoms with E-state index in [0.29, 0.717) is 11.1 Å². The Labute approximate surface area is 168 Å². The van der Waals surface area contributed by atoms with E-state index in [0.717, 1.165) is 12.1 Å². The lowest BCUT2D eigenvalue weighted by atomic mass is 9.93. The number of halogens is 5. The van der Waals surface area contributed by atoms with E-state index in [2.05, 4.69) is 20.9 Å². The summed E-state index contributed by atoms with van der Waals surface area (Å²) in [6.45, 7) is 0. The summed E-state index contributed by atoms with van der Waals surface area (Å²) in [5, 5.41) is 0. The minimum atomic E-state index is -4.73. The van der Waals surface area contributed by atoms with Crippen LogP contribution >= 0.6 is 15.9 Å². The summed E-state index contributed by atoms with van der Waals surface area (Å²) in [5.74, 6) is -0.649. The largest absolute Gasteiger partial charge is 0.434 e. The average Bonchev–Trinajstić information content (AvgIpc) is 2.61. The zero-order valence-corrected chi connectivity index (χ0v) is 16.4. The Morgan fingerprint density at radius 2 is 1.57 bits per heavy atom. The number of hydrogen-bond donors (Lipinski definition) is 1. The highest BCUT2D eigenvalue weighted by Crippen LogP contribution is 2.42. The molecular weight excluding hydrogens is 462 g/mol. The van der Waals surface area contributed by atoms with E-state index >= 15 is 0 Å². The Bertz CT molecular complexity index is 1020. The number of pyridine rings is 1. The molecule has 0 bridgehead atoms. The third-order valence-electron chi connectivity index (χ3n) is 3.94. The Hall–Kier alpha value is -2.10. The lowest BCUT2D eigenvalue weighted by molar-refractivity contribution is -0.140. The van der Waals surface area contributed by atoms with Gasteiger partial charge in [-0.15, -0.1) is 0 Å². The first-order chi connectivity index (χ1) is 13.1. The molecule has 0 fully saturated rings. The van der Waals surface area contributed by atoms with Gasteiger partial charge in [-0.2, -0.15) is 13.2 Å². The highest BCUT2D eigenvalue weighted by molar-refractivity contribution is 9.10. The molecule has 1 unspecified atom stereocenters. The van der Waals surface area contributed by atoms with Gasteiger partial charge in [0.15, 0.2) is 16.8 Å². The molecule has 0 saturated carbocycles. The second-order valence-electron chi connectivity index (χ2n) is 5.88. The van der Waals surface area contributed by atoms with Gasteiger partial charge >= 0.3 is 6.18 Å². The number of hydrogen-bond acceptors (Lipinski definition) is 2. The van der Waals surface area contributed by atoms with E-state index in [1.807, 2.05) is 0 Å². The molecule has 0 aliphatic carbocycles. The molecular formula is C19H12BrF4NO2S. The third-order valence-corrected chi connectivity index (χ3v) is 4.93. The molecule has 0 radical (unpaired) electrons. The molecule has 0 aliphatic rings. The van der Waals surface area contributed by atoms with Crippen LogP contribution < -0.4 is 0 Å². The molecule has 1 aromatic heterocycles. The minimum Gasteiger partial charge on any atom is -0.306 e. The van der Waals surface area contributed by atoms with Crippen molar-refractivity contribution in [3.63, 3.8) is 0 Å². The first kappa shape index (κ1) is 20.6. The van der Waals surface area contributed by atoms with E-state index in [9.17, 15) is 21.8 Å². The van der Waals surface area contributed by atoms with Crippen LogP contribution in [0.5, 0.6) is 0 Å². The van der Waals surface area contributed by atoms with Crippen molar-refractivity contribution in [3.05, 3.63) is 76.3 Å². The summed E-state index contributed by atoms with van der Waals surface area (Å²) in [6.07, 6.45) is -4.73. The fourth-order valence-corrected chi connectivity index (χ4v) is 3.66. The van der Waals surface area contributed by atoms with Crippen LogP contribution in [-0.4, -0.2) is 13.7 Å². The van der Waals surface area contributed by atoms with Crippen molar-refractivity contribution < 1.29 is 26.3 Å². The van der Waals surface area contributed by atoms with Crippen LogP contribution in [0.2, 0.25) is 0 Å². The predicted octanol–water partition coefficient (Wildman–Crippen LogP) is 6.06. The van der Waals surface area contributed by atoms with Crippen LogP contribution in [0.15, 0.2) is 59.2 Å². The fourth-order valence-electron chi connectivity index (χ4n) is 2.78. The first-order valence-corrected chi connectivity index (χ1v) is 9.92. The van der Waals surface area contributed by atoms with Crippen molar-refractivity contribution in [2.75, 3.05) is 0 Å². The molecule has 0 saturated heterocycles. The second-order valence-corrected chi connectivity index (χ2v) is 7.63. The number of nitrogens with zero attached hydrogens (tertiary/aromatic N) is 1. The maximum Gasteiger partial charge on any atom is 0.434 e. The van der Waals surface area contributed by atoms with E-state index in [4.69, 9.17) is 4.55 Å². The molecule has 2 aromatic carbocycles. The SMILES string of the molecule is O=S(O)Cc1ccc(-c2cc(Br)nc(C(F)(F)F)c2-c2ccc(F)cc2)cc1. The first-order valence-electron chi connectivity index (χ1n) is 7.85. The summed E-state index contributed by atoms with van der Waals surface area (Å²) in [7, 11) is 0. The van der Waals surface area contributed by atoms with Gasteiger partial charge in [-0.05, 0) is 56.4 Å². The van der Waals surface area contributed by atoms with Gasteiger partial charge in [-0.3, -0.25) is 0 Å². The molecule has 3 aromatic rings. The summed E-state index contributed by atoms with van der Waals surface area (Å²) in [4.78, 5) is 3.61. The Morgan fingerprint density at radius 3 is 2.11 bits per heavy atom. The van der Waals surface area contributed by atoms with Crippen molar-refractivity contribution in [3.8, 4) is 22.3 Å². The summed E-state index contributed by atoms with van der Waals surface area (Å²) in [6, 6.07) is 12.4. The molecule has 3 nitrogen and oxygen atoms in total. The molecule has 146 valence electrons. The Kier molecular flexibility index (Phi) is 5.97. The molecule has 1 heterocycles. The lowest BCUT2D eigenvalue weighted by Gasteiger charge is -2.17. The molecule has 9 heteroatoms. The quantitative estimate of drug-likeness (QED) is 0.284. The van der Waals surface area contributed by atoms with Crippen molar-refractivity contribution in [2.45, 2.75) is 11.9 Å². The van der Waals surface area contributed by atoms with Gasteiger partial charge in [0.1, 0.15) is 10.4 Å². The normalized spacial score (nSPS) is 12.8. The van der Waals surface area contributed by atoms with Gasteiger partial charge < -0.3 is 4.55 Å². The van der Waals surface area contributed by atoms with Crippen LogP contribution in [0.3, 0.4) is 0 Å². The molecule has 1 N–H and O–H groups in total. The van der Waals surface area contributed by atoms with Crippen LogP contribution in [0.4, 0.5) is 17.6 Å². The highest BCUT2D eigenvalue weighted by Gasteiger charge is 2.37. The topological polar surface area (TPSA) is 50.2 Å². The Balaban J connectivity index is 2.23. The van der Waals surface area contributed by atoms with Crippen molar-refractivity contribution in [2.24, 2.45) is 0 Å². The molecule has 0 amide bonds. The van der Waals surface area contributed by atoms with Crippen molar-refractivity contribution in [1.82, 2.24) is 4.98 Å². The van der Waals surface area contributed by atoms with Crippen LogP contribution in [0.25, 0.3) is 22.3 Å². The summed E-state index contributed by atoms with van der Waals surface area (Å²) >= 11 is 0.999. The van der Waals surface area contributed by atoms with Gasteiger partial charge in [-0.1, -0.05) is 36.4 Å². The van der Waals surface area contributed by atoms with Gasteiger partial charge in [0, 0.05) is 5.56 Å². The zero-order valence-electron chi connectivity index (χ0n) is 14.0. The number of benzene rings is 2. The second kappa shape index (κ2) is 8.10. The van der Waals surface area contributed by atoms with E-state index in [-0.39, 0.29) is 27.0 Å². The predicted molar refractivity (Wildman–Crippen MR) is 102 cm³/mol. The van der Waals surface area contributed by atoms with E-state index < -0.39 is 28.8 Å².